The van der Waals surface area contributed by atoms with E-state index in [-0.39, 0.29) is 12.4 Å². The molecule has 0 radical (unpaired) electrons. The SMILES string of the molecule is N#Cc1ccc(OC[C@@H](O)C[NH+]2CCN(c3ccc(F)cc3)CC2)cc1. The minimum Gasteiger partial charge on any atom is -0.491 e. The molecule has 1 aliphatic heterocycles. The van der Waals surface area contributed by atoms with Crippen molar-refractivity contribution in [1.29, 1.82) is 5.26 Å². The van der Waals surface area contributed by atoms with Crippen molar-refractivity contribution in [1.82, 2.24) is 0 Å². The molecule has 0 spiro atoms. The normalized spacial score (nSPS) is 16.1. The summed E-state index contributed by atoms with van der Waals surface area (Å²) in [4.78, 5) is 3.57. The number of ether oxygens (including phenoxy) is 1. The first kappa shape index (κ1) is 18.2. The zero-order valence-electron chi connectivity index (χ0n) is 14.6. The van der Waals surface area contributed by atoms with Crippen LogP contribution in [0.25, 0.3) is 0 Å². The van der Waals surface area contributed by atoms with E-state index in [4.69, 9.17) is 10.00 Å². The highest BCUT2D eigenvalue weighted by Gasteiger charge is 2.22. The molecule has 1 saturated heterocycles. The summed E-state index contributed by atoms with van der Waals surface area (Å²) in [6.45, 7) is 4.47. The lowest BCUT2D eigenvalue weighted by Gasteiger charge is -2.34. The predicted octanol–water partition coefficient (Wildman–Crippen LogP) is 0.842. The Balaban J connectivity index is 1.40. The van der Waals surface area contributed by atoms with Crippen molar-refractivity contribution < 1.29 is 19.1 Å². The molecule has 0 aliphatic carbocycles. The number of piperazine rings is 1. The van der Waals surface area contributed by atoms with Gasteiger partial charge < -0.3 is 19.6 Å². The lowest BCUT2D eigenvalue weighted by atomic mass is 10.2. The van der Waals surface area contributed by atoms with Crippen LogP contribution in [0.3, 0.4) is 0 Å². The van der Waals surface area contributed by atoms with Gasteiger partial charge in [-0.25, -0.2) is 4.39 Å². The highest BCUT2D eigenvalue weighted by Crippen LogP contribution is 2.14. The molecule has 2 N–H and O–H groups in total. The molecule has 26 heavy (non-hydrogen) atoms. The molecule has 0 saturated carbocycles. The highest BCUT2D eigenvalue weighted by atomic mass is 19.1. The summed E-state index contributed by atoms with van der Waals surface area (Å²) in [5.74, 6) is 0.433. The van der Waals surface area contributed by atoms with E-state index in [0.717, 1.165) is 31.9 Å². The van der Waals surface area contributed by atoms with Crippen molar-refractivity contribution in [3.63, 3.8) is 0 Å². The smallest absolute Gasteiger partial charge is 0.137 e. The van der Waals surface area contributed by atoms with Gasteiger partial charge in [0.2, 0.25) is 0 Å². The second-order valence-electron chi connectivity index (χ2n) is 6.52. The topological polar surface area (TPSA) is 60.9 Å². The molecule has 0 amide bonds. The first-order valence-electron chi connectivity index (χ1n) is 8.79. The van der Waals surface area contributed by atoms with Crippen LogP contribution in [0.4, 0.5) is 10.1 Å². The maximum atomic E-state index is 13.0. The lowest BCUT2D eigenvalue weighted by molar-refractivity contribution is -0.903. The Morgan fingerprint density at radius 1 is 1.12 bits per heavy atom. The fourth-order valence-corrected chi connectivity index (χ4v) is 3.15. The van der Waals surface area contributed by atoms with Gasteiger partial charge in [0.1, 0.15) is 30.8 Å². The van der Waals surface area contributed by atoms with Gasteiger partial charge in [0, 0.05) is 5.69 Å². The van der Waals surface area contributed by atoms with Crippen LogP contribution in [0.1, 0.15) is 5.56 Å². The van der Waals surface area contributed by atoms with E-state index in [1.807, 2.05) is 0 Å². The van der Waals surface area contributed by atoms with Crippen molar-refractivity contribution in [3.05, 3.63) is 59.9 Å². The van der Waals surface area contributed by atoms with Crippen LogP contribution in [-0.2, 0) is 0 Å². The molecule has 6 heteroatoms. The maximum Gasteiger partial charge on any atom is 0.137 e. The van der Waals surface area contributed by atoms with Crippen LogP contribution in [0.5, 0.6) is 5.75 Å². The second kappa shape index (κ2) is 8.65. The predicted molar refractivity (Wildman–Crippen MR) is 96.8 cm³/mol. The molecular formula is C20H23FN3O2+. The maximum absolute atomic E-state index is 13.0. The molecule has 136 valence electrons. The number of anilines is 1. The summed E-state index contributed by atoms with van der Waals surface area (Å²) in [5.41, 5.74) is 1.62. The Morgan fingerprint density at radius 2 is 1.77 bits per heavy atom. The van der Waals surface area contributed by atoms with Gasteiger partial charge in [-0.05, 0) is 48.5 Å². The molecule has 0 bridgehead atoms. The Bertz CT molecular complexity index is 735. The first-order valence-corrected chi connectivity index (χ1v) is 8.79. The minimum absolute atomic E-state index is 0.219. The van der Waals surface area contributed by atoms with Gasteiger partial charge in [0.15, 0.2) is 0 Å². The largest absolute Gasteiger partial charge is 0.491 e. The molecule has 5 nitrogen and oxygen atoms in total. The molecule has 1 fully saturated rings. The quantitative estimate of drug-likeness (QED) is 0.805. The van der Waals surface area contributed by atoms with E-state index in [0.29, 0.717) is 17.9 Å². The van der Waals surface area contributed by atoms with Crippen LogP contribution in [0, 0.1) is 17.1 Å². The van der Waals surface area contributed by atoms with Crippen LogP contribution in [0.2, 0.25) is 0 Å². The first-order chi connectivity index (χ1) is 12.6. The molecule has 1 aliphatic rings. The fourth-order valence-electron chi connectivity index (χ4n) is 3.15. The summed E-state index contributed by atoms with van der Waals surface area (Å²) >= 11 is 0. The number of hydrogen-bond acceptors (Lipinski definition) is 4. The van der Waals surface area contributed by atoms with Crippen molar-refractivity contribution in [2.75, 3.05) is 44.2 Å². The summed E-state index contributed by atoms with van der Waals surface area (Å²) in [7, 11) is 0. The third-order valence-corrected chi connectivity index (χ3v) is 4.61. The number of quaternary nitrogens is 1. The average molecular weight is 356 g/mol. The molecule has 1 atom stereocenters. The van der Waals surface area contributed by atoms with Crippen LogP contribution < -0.4 is 14.5 Å². The number of aliphatic hydroxyl groups is 1. The van der Waals surface area contributed by atoms with Crippen molar-refractivity contribution >= 4 is 5.69 Å². The monoisotopic (exact) mass is 356 g/mol. The molecule has 1 heterocycles. The van der Waals surface area contributed by atoms with E-state index >= 15 is 0 Å². The third kappa shape index (κ3) is 4.94. The number of nitrogens with zero attached hydrogens (tertiary/aromatic N) is 2. The number of halogens is 1. The molecule has 0 unspecified atom stereocenters. The van der Waals surface area contributed by atoms with Gasteiger partial charge in [-0.15, -0.1) is 0 Å². The fraction of sp³-hybridized carbons (Fsp3) is 0.350. The standard InChI is InChI=1S/C20H22FN3O2/c21-17-3-5-18(6-4-17)24-11-9-23(10-12-24)14-19(25)15-26-20-7-1-16(13-22)2-8-20/h1-8,19,25H,9-12,14-15H2/p+1/t19-/m0/s1. The number of hydrogen-bond donors (Lipinski definition) is 2. The average Bonchev–Trinajstić information content (AvgIpc) is 2.68. The van der Waals surface area contributed by atoms with Crippen LogP contribution in [-0.4, -0.2) is 50.5 Å². The van der Waals surface area contributed by atoms with Crippen LogP contribution >= 0.6 is 0 Å². The van der Waals surface area contributed by atoms with E-state index in [1.165, 1.54) is 17.0 Å². The zero-order chi connectivity index (χ0) is 18.4. The van der Waals surface area contributed by atoms with E-state index < -0.39 is 6.10 Å². The van der Waals surface area contributed by atoms with E-state index in [1.54, 1.807) is 36.4 Å². The summed E-state index contributed by atoms with van der Waals surface area (Å²) in [6, 6.07) is 15.5. The van der Waals surface area contributed by atoms with Gasteiger partial charge in [0.05, 0.1) is 37.8 Å². The van der Waals surface area contributed by atoms with Crippen LogP contribution in [0.15, 0.2) is 48.5 Å². The van der Waals surface area contributed by atoms with Gasteiger partial charge in [-0.1, -0.05) is 0 Å². The Hall–Kier alpha value is -2.62. The number of nitriles is 1. The molecular weight excluding hydrogens is 333 g/mol. The number of nitrogens with one attached hydrogen (secondary N) is 1. The molecule has 0 aromatic heterocycles. The Kier molecular flexibility index (Phi) is 6.05. The summed E-state index contributed by atoms with van der Waals surface area (Å²) in [5, 5.41) is 19.0. The van der Waals surface area contributed by atoms with Crippen molar-refractivity contribution in [2.24, 2.45) is 0 Å². The van der Waals surface area contributed by atoms with Crippen molar-refractivity contribution in [3.8, 4) is 11.8 Å². The van der Waals surface area contributed by atoms with Gasteiger partial charge in [-0.2, -0.15) is 5.26 Å². The molecule has 3 rings (SSSR count). The highest BCUT2D eigenvalue weighted by molar-refractivity contribution is 5.46. The number of rotatable bonds is 6. The van der Waals surface area contributed by atoms with E-state index in [9.17, 15) is 9.50 Å². The Morgan fingerprint density at radius 3 is 2.38 bits per heavy atom. The number of benzene rings is 2. The van der Waals surface area contributed by atoms with Crippen molar-refractivity contribution in [2.45, 2.75) is 6.10 Å². The van der Waals surface area contributed by atoms with E-state index in [2.05, 4.69) is 11.0 Å². The minimum atomic E-state index is -0.544. The lowest BCUT2D eigenvalue weighted by Crippen LogP contribution is -3.16. The van der Waals surface area contributed by atoms with Gasteiger partial charge in [-0.3, -0.25) is 0 Å². The van der Waals surface area contributed by atoms with Gasteiger partial charge >= 0.3 is 0 Å². The molecule has 2 aromatic carbocycles. The van der Waals surface area contributed by atoms with Gasteiger partial charge in [0.25, 0.3) is 0 Å². The second-order valence-corrected chi connectivity index (χ2v) is 6.52. The zero-order valence-corrected chi connectivity index (χ0v) is 14.6. The summed E-state index contributed by atoms with van der Waals surface area (Å²) < 4.78 is 18.6. The Labute approximate surface area is 152 Å². The molecule has 2 aromatic rings. The number of aliphatic hydroxyl groups excluding tert-OH is 1. The third-order valence-electron chi connectivity index (χ3n) is 4.61. The summed E-state index contributed by atoms with van der Waals surface area (Å²) in [6.07, 6.45) is -0.544.